The van der Waals surface area contributed by atoms with Gasteiger partial charge in [-0.1, -0.05) is 13.8 Å². The Morgan fingerprint density at radius 3 is 2.47 bits per heavy atom. The first-order chi connectivity index (χ1) is 7.98. The van der Waals surface area contributed by atoms with Crippen molar-refractivity contribution in [3.8, 4) is 0 Å². The Morgan fingerprint density at radius 2 is 2.12 bits per heavy atom. The fourth-order valence-electron chi connectivity index (χ4n) is 1.56. The van der Waals surface area contributed by atoms with Crippen molar-refractivity contribution < 1.29 is 9.90 Å². The molecule has 1 rings (SSSR count). The molecule has 0 atom stereocenters. The highest BCUT2D eigenvalue weighted by molar-refractivity contribution is 9.11. The summed E-state index contributed by atoms with van der Waals surface area (Å²) < 4.78 is 0.977. The van der Waals surface area contributed by atoms with Crippen molar-refractivity contribution in [2.24, 2.45) is 0 Å². The maximum absolute atomic E-state index is 12.1. The summed E-state index contributed by atoms with van der Waals surface area (Å²) in [4.78, 5) is 12.7. The molecule has 0 aliphatic heterocycles. The van der Waals surface area contributed by atoms with Gasteiger partial charge in [0, 0.05) is 0 Å². The second kappa shape index (κ2) is 5.98. The quantitative estimate of drug-likeness (QED) is 0.876. The molecule has 0 saturated heterocycles. The third-order valence-electron chi connectivity index (χ3n) is 3.12. The molecule has 1 amide bonds. The molecular formula is C12H18BrNO2S. The molecule has 5 heteroatoms. The van der Waals surface area contributed by atoms with Crippen molar-refractivity contribution in [3.63, 3.8) is 0 Å². The summed E-state index contributed by atoms with van der Waals surface area (Å²) in [6.45, 7) is 5.86. The van der Waals surface area contributed by atoms with Gasteiger partial charge >= 0.3 is 0 Å². The smallest absolute Gasteiger partial charge is 0.261 e. The second-order valence-electron chi connectivity index (χ2n) is 4.17. The lowest BCUT2D eigenvalue weighted by molar-refractivity contribution is 0.0822. The van der Waals surface area contributed by atoms with E-state index >= 15 is 0 Å². The SMILES string of the molecule is CCC(CC)(CO)NC(=O)c1cc(C)c(Br)s1. The van der Waals surface area contributed by atoms with E-state index in [1.54, 1.807) is 0 Å². The number of carbonyl (C=O) groups excluding carboxylic acids is 1. The third-order valence-corrected chi connectivity index (χ3v) is 5.25. The highest BCUT2D eigenvalue weighted by Crippen LogP contribution is 2.28. The van der Waals surface area contributed by atoms with E-state index in [0.717, 1.165) is 22.2 Å². The molecule has 0 aliphatic rings. The minimum absolute atomic E-state index is 0.0305. The van der Waals surface area contributed by atoms with Crippen LogP contribution < -0.4 is 5.32 Å². The highest BCUT2D eigenvalue weighted by Gasteiger charge is 2.28. The first-order valence-corrected chi connectivity index (χ1v) is 7.28. The normalized spacial score (nSPS) is 11.6. The summed E-state index contributed by atoms with van der Waals surface area (Å²) in [6.07, 6.45) is 1.44. The molecule has 0 aromatic carbocycles. The van der Waals surface area contributed by atoms with Gasteiger partial charge in [0.2, 0.25) is 0 Å². The summed E-state index contributed by atoms with van der Waals surface area (Å²) in [6, 6.07) is 1.86. The van der Waals surface area contributed by atoms with Crippen LogP contribution in [0.4, 0.5) is 0 Å². The minimum Gasteiger partial charge on any atom is -0.394 e. The lowest BCUT2D eigenvalue weighted by Gasteiger charge is -2.30. The molecule has 0 unspecified atom stereocenters. The Bertz CT molecular complexity index is 371. The van der Waals surface area contributed by atoms with E-state index < -0.39 is 5.54 Å². The number of hydrogen-bond acceptors (Lipinski definition) is 3. The van der Waals surface area contributed by atoms with E-state index in [1.165, 1.54) is 11.3 Å². The summed E-state index contributed by atoms with van der Waals surface area (Å²) in [5.41, 5.74) is 0.560. The van der Waals surface area contributed by atoms with Crippen LogP contribution in [-0.4, -0.2) is 23.2 Å². The van der Waals surface area contributed by atoms with Crippen LogP contribution in [0.1, 0.15) is 41.9 Å². The maximum Gasteiger partial charge on any atom is 0.261 e. The van der Waals surface area contributed by atoms with Gasteiger partial charge in [-0.2, -0.15) is 0 Å². The van der Waals surface area contributed by atoms with Gasteiger partial charge in [-0.15, -0.1) is 11.3 Å². The van der Waals surface area contributed by atoms with E-state index in [2.05, 4.69) is 21.2 Å². The second-order valence-corrected chi connectivity index (χ2v) is 6.54. The zero-order valence-electron chi connectivity index (χ0n) is 10.3. The largest absolute Gasteiger partial charge is 0.394 e. The van der Waals surface area contributed by atoms with E-state index in [9.17, 15) is 9.90 Å². The number of halogens is 1. The molecule has 0 bridgehead atoms. The highest BCUT2D eigenvalue weighted by atomic mass is 79.9. The summed E-state index contributed by atoms with van der Waals surface area (Å²) in [7, 11) is 0. The zero-order chi connectivity index (χ0) is 13.1. The monoisotopic (exact) mass is 319 g/mol. The van der Waals surface area contributed by atoms with Crippen molar-refractivity contribution in [1.29, 1.82) is 0 Å². The van der Waals surface area contributed by atoms with Gasteiger partial charge < -0.3 is 10.4 Å². The number of carbonyl (C=O) groups is 1. The topological polar surface area (TPSA) is 49.3 Å². The molecule has 0 radical (unpaired) electrons. The number of aliphatic hydroxyl groups excluding tert-OH is 1. The fraction of sp³-hybridized carbons (Fsp3) is 0.583. The van der Waals surface area contributed by atoms with Gasteiger partial charge in [-0.3, -0.25) is 4.79 Å². The summed E-state index contributed by atoms with van der Waals surface area (Å²) >= 11 is 4.82. The van der Waals surface area contributed by atoms with Crippen molar-refractivity contribution in [2.75, 3.05) is 6.61 Å². The average molecular weight is 320 g/mol. The molecule has 2 N–H and O–H groups in total. The van der Waals surface area contributed by atoms with Crippen molar-refractivity contribution in [3.05, 3.63) is 20.3 Å². The maximum atomic E-state index is 12.1. The molecule has 0 aliphatic carbocycles. The average Bonchev–Trinajstić information content (AvgIpc) is 2.67. The van der Waals surface area contributed by atoms with E-state index in [4.69, 9.17) is 0 Å². The first kappa shape index (κ1) is 14.7. The fourth-order valence-corrected chi connectivity index (χ4v) is 2.99. The molecule has 1 heterocycles. The number of aliphatic hydroxyl groups is 1. The Labute approximate surface area is 114 Å². The summed E-state index contributed by atoms with van der Waals surface area (Å²) in [5, 5.41) is 12.3. The lowest BCUT2D eigenvalue weighted by Crippen LogP contribution is -2.50. The van der Waals surface area contributed by atoms with E-state index in [1.807, 2.05) is 26.8 Å². The molecule has 0 fully saturated rings. The molecule has 1 aromatic rings. The molecule has 96 valence electrons. The van der Waals surface area contributed by atoms with Crippen molar-refractivity contribution in [2.45, 2.75) is 39.2 Å². The van der Waals surface area contributed by atoms with Gasteiger partial charge in [0.1, 0.15) is 0 Å². The van der Waals surface area contributed by atoms with Gasteiger partial charge in [-0.25, -0.2) is 0 Å². The van der Waals surface area contributed by atoms with E-state index in [0.29, 0.717) is 4.88 Å². The lowest BCUT2D eigenvalue weighted by atomic mass is 9.94. The third kappa shape index (κ3) is 3.30. The zero-order valence-corrected chi connectivity index (χ0v) is 12.7. The van der Waals surface area contributed by atoms with Crippen LogP contribution in [0, 0.1) is 6.92 Å². The number of hydrogen-bond donors (Lipinski definition) is 2. The number of rotatable bonds is 5. The number of thiophene rings is 1. The molecule has 3 nitrogen and oxygen atoms in total. The van der Waals surface area contributed by atoms with Crippen LogP contribution in [0.25, 0.3) is 0 Å². The van der Waals surface area contributed by atoms with Crippen LogP contribution in [0.3, 0.4) is 0 Å². The Morgan fingerprint density at radius 1 is 1.53 bits per heavy atom. The molecule has 0 spiro atoms. The van der Waals surface area contributed by atoms with Crippen LogP contribution in [0.2, 0.25) is 0 Å². The van der Waals surface area contributed by atoms with Gasteiger partial charge in [0.05, 0.1) is 20.8 Å². The van der Waals surface area contributed by atoms with Gasteiger partial charge in [0.25, 0.3) is 5.91 Å². The Balaban J connectivity index is 2.84. The van der Waals surface area contributed by atoms with Gasteiger partial charge in [0.15, 0.2) is 0 Å². The Kier molecular flexibility index (Phi) is 5.16. The Hall–Kier alpha value is -0.390. The standard InChI is InChI=1S/C12H18BrNO2S/c1-4-12(5-2,7-15)14-11(16)9-6-8(3)10(13)17-9/h6,15H,4-5,7H2,1-3H3,(H,14,16). The van der Waals surface area contributed by atoms with Crippen LogP contribution >= 0.6 is 27.3 Å². The molecule has 0 saturated carbocycles. The van der Waals surface area contributed by atoms with Crippen LogP contribution in [-0.2, 0) is 0 Å². The first-order valence-electron chi connectivity index (χ1n) is 5.67. The predicted molar refractivity (Wildman–Crippen MR) is 74.6 cm³/mol. The number of aryl methyl sites for hydroxylation is 1. The van der Waals surface area contributed by atoms with Crippen molar-refractivity contribution >= 4 is 33.2 Å². The number of amides is 1. The van der Waals surface area contributed by atoms with Crippen LogP contribution in [0.15, 0.2) is 9.85 Å². The van der Waals surface area contributed by atoms with E-state index in [-0.39, 0.29) is 12.5 Å². The van der Waals surface area contributed by atoms with Crippen molar-refractivity contribution in [1.82, 2.24) is 5.32 Å². The molecule has 17 heavy (non-hydrogen) atoms. The predicted octanol–water partition coefficient (Wildman–Crippen LogP) is 3.10. The molecular weight excluding hydrogens is 302 g/mol. The van der Waals surface area contributed by atoms with Crippen LogP contribution in [0.5, 0.6) is 0 Å². The summed E-state index contributed by atoms with van der Waals surface area (Å²) in [5.74, 6) is -0.110. The van der Waals surface area contributed by atoms with Gasteiger partial charge in [-0.05, 0) is 47.3 Å². The minimum atomic E-state index is -0.499. The molecule has 1 aromatic heterocycles. The number of nitrogens with one attached hydrogen (secondary N) is 1.